The van der Waals surface area contributed by atoms with Crippen molar-refractivity contribution in [3.05, 3.63) is 0 Å². The van der Waals surface area contributed by atoms with Crippen LogP contribution in [0.3, 0.4) is 0 Å². The van der Waals surface area contributed by atoms with Gasteiger partial charge in [0, 0.05) is 71.2 Å². The number of ether oxygens (including phenoxy) is 1. The van der Waals surface area contributed by atoms with Crippen molar-refractivity contribution >= 4 is 29.5 Å². The molecule has 0 atom stereocenters. The Hall–Kier alpha value is -1.80. The zero-order valence-electron chi connectivity index (χ0n) is 26.0. The smallest absolute Gasteiger partial charge is 0.463 e. The Morgan fingerprint density at radius 2 is 1.00 bits per heavy atom. The SMILES string of the molecule is CCO[Si](CCCNc1nc(NCCC[Si](OCC)(OCC)OCC)nc(OCCC2(C)N=N2)n1)(OCC)OCC. The van der Waals surface area contributed by atoms with E-state index in [0.29, 0.717) is 89.7 Å². The van der Waals surface area contributed by atoms with Gasteiger partial charge in [-0.05, 0) is 61.3 Å². The Labute approximate surface area is 247 Å². The van der Waals surface area contributed by atoms with Crippen LogP contribution in [0.5, 0.6) is 6.01 Å². The molecule has 14 nitrogen and oxygen atoms in total. The molecule has 0 saturated carbocycles. The van der Waals surface area contributed by atoms with Crippen molar-refractivity contribution in [3.8, 4) is 6.01 Å². The summed E-state index contributed by atoms with van der Waals surface area (Å²) in [5, 5.41) is 14.6. The average Bonchev–Trinajstić information content (AvgIpc) is 3.67. The molecule has 0 spiro atoms. The molecule has 0 unspecified atom stereocenters. The second-order valence-electron chi connectivity index (χ2n) is 9.31. The molecule has 41 heavy (non-hydrogen) atoms. The number of rotatable bonds is 26. The highest BCUT2D eigenvalue weighted by Gasteiger charge is 2.40. The largest absolute Gasteiger partial charge is 0.500 e. The normalized spacial score (nSPS) is 14.3. The summed E-state index contributed by atoms with van der Waals surface area (Å²) in [5.74, 6) is 0.838. The van der Waals surface area contributed by atoms with Gasteiger partial charge in [-0.2, -0.15) is 25.2 Å². The van der Waals surface area contributed by atoms with Gasteiger partial charge in [-0.25, -0.2) is 0 Å². The first kappa shape index (κ1) is 35.4. The monoisotopic (exact) mass is 617 g/mol. The van der Waals surface area contributed by atoms with Crippen molar-refractivity contribution < 1.29 is 31.3 Å². The fourth-order valence-electron chi connectivity index (χ4n) is 4.11. The van der Waals surface area contributed by atoms with Crippen LogP contribution >= 0.6 is 0 Å². The fraction of sp³-hybridized carbons (Fsp3) is 0.880. The molecule has 1 aliphatic heterocycles. The number of hydrogen-bond acceptors (Lipinski definition) is 14. The van der Waals surface area contributed by atoms with Gasteiger partial charge in [-0.1, -0.05) is 0 Å². The van der Waals surface area contributed by atoms with Crippen molar-refractivity contribution in [2.24, 2.45) is 10.2 Å². The summed E-state index contributed by atoms with van der Waals surface area (Å²) in [5.41, 5.74) is -0.356. The number of aromatic nitrogens is 3. The molecule has 0 amide bonds. The molecule has 1 aromatic rings. The molecule has 0 aromatic carbocycles. The van der Waals surface area contributed by atoms with E-state index in [4.69, 9.17) is 31.3 Å². The van der Waals surface area contributed by atoms with Crippen LogP contribution in [-0.2, 0) is 26.6 Å². The van der Waals surface area contributed by atoms with Crippen LogP contribution in [0.15, 0.2) is 10.2 Å². The van der Waals surface area contributed by atoms with E-state index in [1.165, 1.54) is 0 Å². The molecule has 0 bridgehead atoms. The van der Waals surface area contributed by atoms with Crippen molar-refractivity contribution in [3.63, 3.8) is 0 Å². The van der Waals surface area contributed by atoms with Crippen LogP contribution in [0.4, 0.5) is 11.9 Å². The summed E-state index contributed by atoms with van der Waals surface area (Å²) in [4.78, 5) is 13.5. The van der Waals surface area contributed by atoms with Gasteiger partial charge in [0.15, 0.2) is 5.66 Å². The molecular weight excluding hydrogens is 566 g/mol. The lowest BCUT2D eigenvalue weighted by Crippen LogP contribution is -2.46. The predicted octanol–water partition coefficient (Wildman–Crippen LogP) is 4.52. The van der Waals surface area contributed by atoms with Crippen LogP contribution in [-0.4, -0.2) is 97.6 Å². The molecule has 2 heterocycles. The highest BCUT2D eigenvalue weighted by atomic mass is 28.4. The van der Waals surface area contributed by atoms with Gasteiger partial charge in [0.05, 0.1) is 6.61 Å². The Kier molecular flexibility index (Phi) is 16.1. The summed E-state index contributed by atoms with van der Waals surface area (Å²) in [6.45, 7) is 18.6. The minimum absolute atomic E-state index is 0.234. The van der Waals surface area contributed by atoms with E-state index in [1.54, 1.807) is 0 Å². The number of nitrogens with zero attached hydrogens (tertiary/aromatic N) is 5. The molecule has 2 rings (SSSR count). The minimum atomic E-state index is -2.72. The van der Waals surface area contributed by atoms with E-state index >= 15 is 0 Å². The molecule has 1 aromatic heterocycles. The van der Waals surface area contributed by atoms with Crippen LogP contribution in [0.2, 0.25) is 12.1 Å². The topological polar surface area (TPSA) is 152 Å². The minimum Gasteiger partial charge on any atom is -0.463 e. The third-order valence-electron chi connectivity index (χ3n) is 5.93. The van der Waals surface area contributed by atoms with Crippen LogP contribution in [0.25, 0.3) is 0 Å². The molecule has 2 N–H and O–H groups in total. The lowest BCUT2D eigenvalue weighted by Gasteiger charge is -2.28. The highest BCUT2D eigenvalue weighted by Crippen LogP contribution is 2.30. The Balaban J connectivity index is 2.01. The summed E-state index contributed by atoms with van der Waals surface area (Å²) >= 11 is 0. The first-order valence-corrected chi connectivity index (χ1v) is 18.8. The summed E-state index contributed by atoms with van der Waals surface area (Å²) in [6, 6.07) is 1.61. The zero-order chi connectivity index (χ0) is 30.0. The van der Waals surface area contributed by atoms with Gasteiger partial charge in [-0.15, -0.1) is 0 Å². The molecular formula is C25H51N7O7Si2. The molecule has 16 heteroatoms. The first-order chi connectivity index (χ1) is 19.8. The quantitative estimate of drug-likeness (QED) is 0.111. The molecule has 1 aliphatic rings. The maximum Gasteiger partial charge on any atom is 0.500 e. The van der Waals surface area contributed by atoms with Crippen molar-refractivity contribution in [2.75, 3.05) is 70.0 Å². The van der Waals surface area contributed by atoms with Gasteiger partial charge in [-0.3, -0.25) is 0 Å². The highest BCUT2D eigenvalue weighted by molar-refractivity contribution is 6.61. The fourth-order valence-corrected chi connectivity index (χ4v) is 9.34. The first-order valence-electron chi connectivity index (χ1n) is 14.9. The molecule has 0 radical (unpaired) electrons. The van der Waals surface area contributed by atoms with E-state index in [9.17, 15) is 0 Å². The number of hydrogen-bond donors (Lipinski definition) is 2. The van der Waals surface area contributed by atoms with E-state index < -0.39 is 17.6 Å². The van der Waals surface area contributed by atoms with E-state index in [-0.39, 0.29) is 11.7 Å². The third-order valence-corrected chi connectivity index (χ3v) is 12.2. The summed E-state index contributed by atoms with van der Waals surface area (Å²) in [6.07, 6.45) is 2.18. The van der Waals surface area contributed by atoms with Crippen LogP contribution in [0, 0.1) is 0 Å². The second-order valence-corrected chi connectivity index (χ2v) is 14.8. The molecule has 0 aliphatic carbocycles. The summed E-state index contributed by atoms with van der Waals surface area (Å²) in [7, 11) is -5.43. The molecule has 236 valence electrons. The van der Waals surface area contributed by atoms with Crippen LogP contribution in [0.1, 0.15) is 67.7 Å². The maximum absolute atomic E-state index is 5.96. The van der Waals surface area contributed by atoms with E-state index in [0.717, 1.165) is 12.8 Å². The Bertz CT molecular complexity index is 812. The Morgan fingerprint density at radius 1 is 0.610 bits per heavy atom. The van der Waals surface area contributed by atoms with Gasteiger partial charge < -0.3 is 41.9 Å². The maximum atomic E-state index is 5.96. The van der Waals surface area contributed by atoms with Crippen molar-refractivity contribution in [1.82, 2.24) is 15.0 Å². The second kappa shape index (κ2) is 18.7. The standard InChI is InChI=1S/C25H51N7O7Si2/c1-8-34-40(35-9-2,36-10-3)20-14-17-26-22-28-23(30-24(29-22)33-19-16-25(7)31-32-25)27-18-15-21-41(37-11-4,38-12-5)39-13-6/h8-21H2,1-7H3,(H2,26,27,28,29,30). The zero-order valence-corrected chi connectivity index (χ0v) is 28.0. The van der Waals surface area contributed by atoms with Crippen molar-refractivity contribution in [1.29, 1.82) is 0 Å². The predicted molar refractivity (Wildman–Crippen MR) is 160 cm³/mol. The van der Waals surface area contributed by atoms with Gasteiger partial charge >= 0.3 is 23.6 Å². The van der Waals surface area contributed by atoms with Crippen LogP contribution < -0.4 is 15.4 Å². The van der Waals surface area contributed by atoms with E-state index in [1.807, 2.05) is 48.5 Å². The number of anilines is 2. The Morgan fingerprint density at radius 3 is 1.34 bits per heavy atom. The lowest BCUT2D eigenvalue weighted by atomic mass is 10.2. The lowest BCUT2D eigenvalue weighted by molar-refractivity contribution is 0.0702. The summed E-state index contributed by atoms with van der Waals surface area (Å²) < 4.78 is 41.6. The molecule has 0 saturated heterocycles. The van der Waals surface area contributed by atoms with Gasteiger partial charge in [0.25, 0.3) is 0 Å². The van der Waals surface area contributed by atoms with Gasteiger partial charge in [0.2, 0.25) is 11.9 Å². The van der Waals surface area contributed by atoms with Crippen molar-refractivity contribution in [2.45, 2.75) is 85.5 Å². The molecule has 0 fully saturated rings. The average molecular weight is 618 g/mol. The third kappa shape index (κ3) is 12.9. The van der Waals surface area contributed by atoms with Gasteiger partial charge in [0.1, 0.15) is 0 Å². The van der Waals surface area contributed by atoms with E-state index in [2.05, 4.69) is 35.8 Å². The number of nitrogens with one attached hydrogen (secondary N) is 2.